The highest BCUT2D eigenvalue weighted by Crippen LogP contribution is 2.24. The molecule has 1 aromatic heterocycles. The Morgan fingerprint density at radius 3 is 2.55 bits per heavy atom. The zero-order valence-electron chi connectivity index (χ0n) is 12.9. The fourth-order valence-corrected chi connectivity index (χ4v) is 2.17. The zero-order chi connectivity index (χ0) is 15.9. The van der Waals surface area contributed by atoms with Crippen molar-refractivity contribution < 1.29 is 14.0 Å². The molecule has 0 radical (unpaired) electrons. The highest BCUT2D eigenvalue weighted by Gasteiger charge is 2.10. The van der Waals surface area contributed by atoms with E-state index < -0.39 is 0 Å². The highest BCUT2D eigenvalue weighted by atomic mass is 16.3. The Hall–Kier alpha value is -2.50. The quantitative estimate of drug-likeness (QED) is 0.714. The van der Waals surface area contributed by atoms with Crippen LogP contribution in [0.3, 0.4) is 0 Å². The number of urea groups is 1. The van der Waals surface area contributed by atoms with Gasteiger partial charge in [-0.25, -0.2) is 4.79 Å². The topological polar surface area (TPSA) is 83.4 Å². The van der Waals surface area contributed by atoms with Crippen molar-refractivity contribution in [2.24, 2.45) is 0 Å². The standard InChI is InChI=1S/C16H21N3O3/c1-11-13-6-3-4-7-14(13)22-15(11)10-19-16(21)18-9-5-8-17-12(2)20/h3-4,6-7H,5,8-10H2,1-2H3,(H,17,20)(H2,18,19,21). The predicted octanol–water partition coefficient (Wildman–Crippen LogP) is 2.07. The lowest BCUT2D eigenvalue weighted by Gasteiger charge is -2.07. The smallest absolute Gasteiger partial charge is 0.315 e. The number of aryl methyl sites for hydroxylation is 1. The number of nitrogens with one attached hydrogen (secondary N) is 3. The summed E-state index contributed by atoms with van der Waals surface area (Å²) in [5.74, 6) is 0.694. The average Bonchev–Trinajstić information content (AvgIpc) is 2.81. The van der Waals surface area contributed by atoms with Gasteiger partial charge in [0.25, 0.3) is 0 Å². The zero-order valence-corrected chi connectivity index (χ0v) is 12.9. The van der Waals surface area contributed by atoms with Gasteiger partial charge in [0.05, 0.1) is 6.54 Å². The van der Waals surface area contributed by atoms with Gasteiger partial charge in [0.1, 0.15) is 11.3 Å². The first-order valence-electron chi connectivity index (χ1n) is 7.31. The molecule has 118 valence electrons. The van der Waals surface area contributed by atoms with Crippen molar-refractivity contribution >= 4 is 22.9 Å². The van der Waals surface area contributed by atoms with Gasteiger partial charge in [-0.15, -0.1) is 0 Å². The van der Waals surface area contributed by atoms with Gasteiger partial charge in [0.15, 0.2) is 0 Å². The normalized spacial score (nSPS) is 10.5. The molecule has 6 nitrogen and oxygen atoms in total. The molecule has 1 heterocycles. The Labute approximate surface area is 129 Å². The Balaban J connectivity index is 1.76. The van der Waals surface area contributed by atoms with Gasteiger partial charge in [-0.05, 0) is 19.4 Å². The van der Waals surface area contributed by atoms with E-state index in [9.17, 15) is 9.59 Å². The molecule has 0 saturated carbocycles. The SMILES string of the molecule is CC(=O)NCCCNC(=O)NCc1oc2ccccc2c1C. The molecule has 0 unspecified atom stereocenters. The largest absolute Gasteiger partial charge is 0.459 e. The Kier molecular flexibility index (Phi) is 5.41. The minimum Gasteiger partial charge on any atom is -0.459 e. The van der Waals surface area contributed by atoms with Gasteiger partial charge in [-0.2, -0.15) is 0 Å². The molecule has 2 rings (SSSR count). The van der Waals surface area contributed by atoms with Crippen molar-refractivity contribution in [2.45, 2.75) is 26.8 Å². The first-order chi connectivity index (χ1) is 10.6. The molecule has 0 aliphatic heterocycles. The molecule has 2 aromatic rings. The summed E-state index contributed by atoms with van der Waals surface area (Å²) in [6, 6.07) is 7.55. The number of hydrogen-bond acceptors (Lipinski definition) is 3. The molecular weight excluding hydrogens is 282 g/mol. The molecule has 0 spiro atoms. The number of rotatable bonds is 6. The Bertz CT molecular complexity index is 664. The van der Waals surface area contributed by atoms with E-state index >= 15 is 0 Å². The average molecular weight is 303 g/mol. The highest BCUT2D eigenvalue weighted by molar-refractivity contribution is 5.82. The van der Waals surface area contributed by atoms with Gasteiger partial charge in [-0.3, -0.25) is 4.79 Å². The third kappa shape index (κ3) is 4.25. The summed E-state index contributed by atoms with van der Waals surface area (Å²) >= 11 is 0. The van der Waals surface area contributed by atoms with Gasteiger partial charge in [-0.1, -0.05) is 18.2 Å². The minimum atomic E-state index is -0.248. The molecule has 3 N–H and O–H groups in total. The van der Waals surface area contributed by atoms with E-state index in [-0.39, 0.29) is 11.9 Å². The number of carbonyl (C=O) groups is 2. The predicted molar refractivity (Wildman–Crippen MR) is 84.5 cm³/mol. The van der Waals surface area contributed by atoms with Crippen LogP contribution in [0.15, 0.2) is 28.7 Å². The van der Waals surface area contributed by atoms with E-state index in [4.69, 9.17) is 4.42 Å². The van der Waals surface area contributed by atoms with Crippen LogP contribution in [0.2, 0.25) is 0 Å². The molecule has 0 bridgehead atoms. The number of para-hydroxylation sites is 1. The monoisotopic (exact) mass is 303 g/mol. The van der Waals surface area contributed by atoms with E-state index in [2.05, 4.69) is 16.0 Å². The summed E-state index contributed by atoms with van der Waals surface area (Å²) in [6.07, 6.45) is 0.691. The lowest BCUT2D eigenvalue weighted by molar-refractivity contribution is -0.118. The molecule has 0 saturated heterocycles. The van der Waals surface area contributed by atoms with Crippen LogP contribution in [0, 0.1) is 6.92 Å². The van der Waals surface area contributed by atoms with Gasteiger partial charge < -0.3 is 20.4 Å². The fraction of sp³-hybridized carbons (Fsp3) is 0.375. The van der Waals surface area contributed by atoms with Crippen molar-refractivity contribution in [1.82, 2.24) is 16.0 Å². The number of carbonyl (C=O) groups excluding carboxylic acids is 2. The fourth-order valence-electron chi connectivity index (χ4n) is 2.17. The molecule has 0 atom stereocenters. The second kappa shape index (κ2) is 7.49. The maximum atomic E-state index is 11.7. The van der Waals surface area contributed by atoms with Crippen molar-refractivity contribution in [1.29, 1.82) is 0 Å². The van der Waals surface area contributed by atoms with Crippen molar-refractivity contribution in [3.05, 3.63) is 35.6 Å². The van der Waals surface area contributed by atoms with E-state index in [0.717, 1.165) is 22.3 Å². The summed E-state index contributed by atoms with van der Waals surface area (Å²) in [4.78, 5) is 22.4. The molecule has 0 aliphatic carbocycles. The number of hydrogen-bond donors (Lipinski definition) is 3. The lowest BCUT2D eigenvalue weighted by Crippen LogP contribution is -2.36. The molecule has 0 fully saturated rings. The van der Waals surface area contributed by atoms with Crippen LogP contribution in [-0.4, -0.2) is 25.0 Å². The van der Waals surface area contributed by atoms with Crippen molar-refractivity contribution in [3.8, 4) is 0 Å². The summed E-state index contributed by atoms with van der Waals surface area (Å²) in [6.45, 7) is 4.85. The number of amides is 3. The maximum absolute atomic E-state index is 11.7. The Morgan fingerprint density at radius 1 is 1.09 bits per heavy atom. The van der Waals surface area contributed by atoms with Gasteiger partial charge >= 0.3 is 6.03 Å². The summed E-state index contributed by atoms with van der Waals surface area (Å²) in [5, 5.41) is 9.24. The van der Waals surface area contributed by atoms with Crippen LogP contribution in [0.5, 0.6) is 0 Å². The van der Waals surface area contributed by atoms with E-state index in [1.54, 1.807) is 0 Å². The first kappa shape index (κ1) is 15.9. The second-order valence-corrected chi connectivity index (χ2v) is 5.09. The minimum absolute atomic E-state index is 0.0650. The maximum Gasteiger partial charge on any atom is 0.315 e. The van der Waals surface area contributed by atoms with Gasteiger partial charge in [0, 0.05) is 31.0 Å². The van der Waals surface area contributed by atoms with E-state index in [0.29, 0.717) is 26.1 Å². The first-order valence-corrected chi connectivity index (χ1v) is 7.31. The third-order valence-corrected chi connectivity index (χ3v) is 3.37. The second-order valence-electron chi connectivity index (χ2n) is 5.09. The van der Waals surface area contributed by atoms with Crippen LogP contribution in [0.4, 0.5) is 4.79 Å². The molecule has 22 heavy (non-hydrogen) atoms. The Morgan fingerprint density at radius 2 is 1.82 bits per heavy atom. The van der Waals surface area contributed by atoms with Crippen LogP contribution in [0.1, 0.15) is 24.7 Å². The molecule has 1 aromatic carbocycles. The third-order valence-electron chi connectivity index (χ3n) is 3.37. The lowest BCUT2D eigenvalue weighted by atomic mass is 10.1. The van der Waals surface area contributed by atoms with Gasteiger partial charge in [0.2, 0.25) is 5.91 Å². The van der Waals surface area contributed by atoms with Crippen LogP contribution in [0.25, 0.3) is 11.0 Å². The number of fused-ring (bicyclic) bond motifs is 1. The summed E-state index contributed by atoms with van der Waals surface area (Å²) in [7, 11) is 0. The van der Waals surface area contributed by atoms with Crippen molar-refractivity contribution in [2.75, 3.05) is 13.1 Å². The molecular formula is C16H21N3O3. The molecule has 6 heteroatoms. The number of furan rings is 1. The van der Waals surface area contributed by atoms with Crippen LogP contribution >= 0.6 is 0 Å². The summed E-state index contributed by atoms with van der Waals surface area (Å²) in [5.41, 5.74) is 1.87. The summed E-state index contributed by atoms with van der Waals surface area (Å²) < 4.78 is 5.73. The van der Waals surface area contributed by atoms with E-state index in [1.807, 2.05) is 31.2 Å². The van der Waals surface area contributed by atoms with E-state index in [1.165, 1.54) is 6.92 Å². The van der Waals surface area contributed by atoms with Crippen LogP contribution in [-0.2, 0) is 11.3 Å². The van der Waals surface area contributed by atoms with Crippen molar-refractivity contribution in [3.63, 3.8) is 0 Å². The molecule has 3 amide bonds. The molecule has 0 aliphatic rings. The van der Waals surface area contributed by atoms with Crippen LogP contribution < -0.4 is 16.0 Å². The number of benzene rings is 1.